The summed E-state index contributed by atoms with van der Waals surface area (Å²) in [5.41, 5.74) is 0.0433. The third-order valence-corrected chi connectivity index (χ3v) is 4.49. The number of aromatic hydroxyl groups is 1. The van der Waals surface area contributed by atoms with Gasteiger partial charge in [-0.1, -0.05) is 12.8 Å². The minimum Gasteiger partial charge on any atom is -0.505 e. The van der Waals surface area contributed by atoms with Crippen molar-refractivity contribution in [2.45, 2.75) is 25.3 Å². The number of nitro benzene ring substituents is 1. The van der Waals surface area contributed by atoms with Crippen molar-refractivity contribution in [2.75, 3.05) is 26.2 Å². The van der Waals surface area contributed by atoms with Crippen LogP contribution in [0, 0.1) is 21.8 Å². The van der Waals surface area contributed by atoms with Crippen molar-refractivity contribution in [1.82, 2.24) is 10.2 Å². The first kappa shape index (κ1) is 20.9. The number of nitrogens with one attached hydrogen (secondary N) is 1. The summed E-state index contributed by atoms with van der Waals surface area (Å²) >= 11 is 0. The lowest BCUT2D eigenvalue weighted by Crippen LogP contribution is -2.45. The van der Waals surface area contributed by atoms with Gasteiger partial charge in [-0.05, 0) is 12.3 Å². The molecule has 0 unspecified atom stereocenters. The lowest BCUT2D eigenvalue weighted by atomic mass is 9.97. The van der Waals surface area contributed by atoms with Gasteiger partial charge >= 0.3 is 0 Å². The molecule has 6 nitrogen and oxygen atoms in total. The molecule has 0 radical (unpaired) electrons. The number of hydrogen-bond donors (Lipinski definition) is 2. The van der Waals surface area contributed by atoms with Gasteiger partial charge in [0.2, 0.25) is 0 Å². The van der Waals surface area contributed by atoms with Crippen LogP contribution in [-0.2, 0) is 0 Å². The zero-order chi connectivity index (χ0) is 15.7. The fraction of sp³-hybridized carbons (Fsp3) is 0.600. The summed E-state index contributed by atoms with van der Waals surface area (Å²) < 4.78 is 13.9. The molecule has 0 amide bonds. The summed E-state index contributed by atoms with van der Waals surface area (Å²) in [7, 11) is 0. The molecule has 0 spiro atoms. The predicted octanol–water partition coefficient (Wildman–Crippen LogP) is 3.03. The second-order valence-electron chi connectivity index (χ2n) is 6.10. The number of halogens is 3. The molecule has 1 aliphatic carbocycles. The topological polar surface area (TPSA) is 78.6 Å². The van der Waals surface area contributed by atoms with Gasteiger partial charge < -0.3 is 10.4 Å². The largest absolute Gasteiger partial charge is 0.505 e. The van der Waals surface area contributed by atoms with Crippen molar-refractivity contribution < 1.29 is 14.4 Å². The minimum absolute atomic E-state index is 0. The van der Waals surface area contributed by atoms with Crippen LogP contribution in [0.3, 0.4) is 0 Å². The first-order valence-electron chi connectivity index (χ1n) is 7.68. The molecule has 1 saturated carbocycles. The second kappa shape index (κ2) is 8.80. The van der Waals surface area contributed by atoms with Crippen LogP contribution in [-0.4, -0.2) is 41.1 Å². The summed E-state index contributed by atoms with van der Waals surface area (Å²) in [6.45, 7) is 3.25. The van der Waals surface area contributed by atoms with E-state index in [9.17, 15) is 19.6 Å². The standard InChI is InChI=1S/C15H20FN3O3.2ClH/c16-13-9-11(19(21)22)8-12(15(13)20)14(7-10-1-2-10)18-5-3-17-4-6-18;;/h8-10,14,17,20H,1-7H2;2*1H/t14-;;/m0../s1. The molecule has 24 heavy (non-hydrogen) atoms. The fourth-order valence-electron chi connectivity index (χ4n) is 3.10. The quantitative estimate of drug-likeness (QED) is 0.605. The van der Waals surface area contributed by atoms with Crippen LogP contribution in [0.4, 0.5) is 10.1 Å². The van der Waals surface area contributed by atoms with E-state index in [2.05, 4.69) is 10.2 Å². The Morgan fingerprint density at radius 1 is 1.33 bits per heavy atom. The van der Waals surface area contributed by atoms with Crippen LogP contribution in [0.1, 0.15) is 30.9 Å². The fourth-order valence-corrected chi connectivity index (χ4v) is 3.10. The molecule has 1 saturated heterocycles. The molecule has 0 aromatic heterocycles. The van der Waals surface area contributed by atoms with E-state index in [0.29, 0.717) is 11.5 Å². The molecular formula is C15H22Cl2FN3O3. The molecule has 1 aromatic rings. The summed E-state index contributed by atoms with van der Waals surface area (Å²) in [5, 5.41) is 24.3. The number of non-ortho nitro benzene ring substituents is 1. The molecule has 1 aromatic carbocycles. The molecule has 1 aliphatic heterocycles. The summed E-state index contributed by atoms with van der Waals surface area (Å²) in [5.74, 6) is -0.795. The van der Waals surface area contributed by atoms with E-state index in [0.717, 1.165) is 51.5 Å². The zero-order valence-corrected chi connectivity index (χ0v) is 14.7. The summed E-state index contributed by atoms with van der Waals surface area (Å²) in [6.07, 6.45) is 3.09. The van der Waals surface area contributed by atoms with Crippen molar-refractivity contribution in [3.63, 3.8) is 0 Å². The Hall–Kier alpha value is -1.15. The third kappa shape index (κ3) is 4.69. The highest BCUT2D eigenvalue weighted by molar-refractivity contribution is 5.85. The Morgan fingerprint density at radius 3 is 2.50 bits per heavy atom. The monoisotopic (exact) mass is 381 g/mol. The molecule has 136 valence electrons. The van der Waals surface area contributed by atoms with E-state index in [-0.39, 0.29) is 36.5 Å². The van der Waals surface area contributed by atoms with Crippen molar-refractivity contribution >= 4 is 30.5 Å². The Kier molecular flexibility index (Phi) is 7.66. The van der Waals surface area contributed by atoms with Gasteiger partial charge in [0.25, 0.3) is 5.69 Å². The van der Waals surface area contributed by atoms with Gasteiger partial charge in [-0.2, -0.15) is 0 Å². The first-order chi connectivity index (χ1) is 10.6. The van der Waals surface area contributed by atoms with E-state index in [1.165, 1.54) is 6.07 Å². The number of nitro groups is 1. The highest BCUT2D eigenvalue weighted by Crippen LogP contribution is 2.43. The number of phenolic OH excluding ortho intramolecular Hbond substituents is 1. The van der Waals surface area contributed by atoms with Crippen molar-refractivity contribution in [3.05, 3.63) is 33.6 Å². The average Bonchev–Trinajstić information content (AvgIpc) is 3.32. The van der Waals surface area contributed by atoms with Crippen molar-refractivity contribution in [1.29, 1.82) is 0 Å². The van der Waals surface area contributed by atoms with Gasteiger partial charge in [-0.15, -0.1) is 24.8 Å². The lowest BCUT2D eigenvalue weighted by molar-refractivity contribution is -0.385. The number of benzene rings is 1. The summed E-state index contributed by atoms with van der Waals surface area (Å²) in [4.78, 5) is 12.6. The van der Waals surface area contributed by atoms with Crippen LogP contribution >= 0.6 is 24.8 Å². The maximum atomic E-state index is 13.9. The van der Waals surface area contributed by atoms with E-state index >= 15 is 0 Å². The molecular weight excluding hydrogens is 360 g/mol. The maximum Gasteiger partial charge on any atom is 0.272 e. The SMILES string of the molecule is Cl.Cl.O=[N+]([O-])c1cc(F)c(O)c([C@H](CC2CC2)N2CCNCC2)c1. The van der Waals surface area contributed by atoms with Gasteiger partial charge in [0.15, 0.2) is 11.6 Å². The third-order valence-electron chi connectivity index (χ3n) is 4.49. The van der Waals surface area contributed by atoms with Crippen LogP contribution in [0.25, 0.3) is 0 Å². The van der Waals surface area contributed by atoms with Gasteiger partial charge in [-0.3, -0.25) is 15.0 Å². The number of piperazine rings is 1. The van der Waals surface area contributed by atoms with E-state index in [1.807, 2.05) is 0 Å². The number of nitrogens with zero attached hydrogens (tertiary/aromatic N) is 2. The van der Waals surface area contributed by atoms with Crippen LogP contribution < -0.4 is 5.32 Å². The lowest BCUT2D eigenvalue weighted by Gasteiger charge is -2.35. The Labute approximate surface area is 152 Å². The number of phenols is 1. The number of rotatable bonds is 5. The van der Waals surface area contributed by atoms with Crippen molar-refractivity contribution in [3.8, 4) is 5.75 Å². The minimum atomic E-state index is -0.917. The van der Waals surface area contributed by atoms with Crippen LogP contribution in [0.5, 0.6) is 5.75 Å². The molecule has 0 bridgehead atoms. The van der Waals surface area contributed by atoms with Crippen LogP contribution in [0.15, 0.2) is 12.1 Å². The highest BCUT2D eigenvalue weighted by Gasteiger charge is 2.33. The number of hydrogen-bond acceptors (Lipinski definition) is 5. The molecule has 1 heterocycles. The van der Waals surface area contributed by atoms with E-state index in [4.69, 9.17) is 0 Å². The predicted molar refractivity (Wildman–Crippen MR) is 93.7 cm³/mol. The Balaban J connectivity index is 0.00000144. The highest BCUT2D eigenvalue weighted by atomic mass is 35.5. The van der Waals surface area contributed by atoms with Gasteiger partial charge in [0.05, 0.1) is 11.0 Å². The Morgan fingerprint density at radius 2 is 1.96 bits per heavy atom. The van der Waals surface area contributed by atoms with Gasteiger partial charge in [0, 0.05) is 43.9 Å². The van der Waals surface area contributed by atoms with Crippen LogP contribution in [0.2, 0.25) is 0 Å². The smallest absolute Gasteiger partial charge is 0.272 e. The molecule has 2 fully saturated rings. The van der Waals surface area contributed by atoms with Gasteiger partial charge in [-0.25, -0.2) is 4.39 Å². The molecule has 2 aliphatic rings. The molecule has 2 N–H and O–H groups in total. The zero-order valence-electron chi connectivity index (χ0n) is 13.1. The van der Waals surface area contributed by atoms with E-state index < -0.39 is 16.5 Å². The first-order valence-corrected chi connectivity index (χ1v) is 7.68. The van der Waals surface area contributed by atoms with Gasteiger partial charge in [0.1, 0.15) is 0 Å². The molecule has 9 heteroatoms. The van der Waals surface area contributed by atoms with E-state index in [1.54, 1.807) is 0 Å². The second-order valence-corrected chi connectivity index (χ2v) is 6.10. The average molecular weight is 382 g/mol. The molecule has 1 atom stereocenters. The Bertz CT molecular complexity index is 581. The summed E-state index contributed by atoms with van der Waals surface area (Å²) in [6, 6.07) is 1.95. The maximum absolute atomic E-state index is 13.9. The molecule has 3 rings (SSSR count). The van der Waals surface area contributed by atoms with Crippen molar-refractivity contribution in [2.24, 2.45) is 5.92 Å². The normalized spacial score (nSPS) is 19.0.